The van der Waals surface area contributed by atoms with E-state index in [0.717, 1.165) is 30.3 Å². The molecule has 0 bridgehead atoms. The number of nitrogens with one attached hydrogen (secondary N) is 1. The highest BCUT2D eigenvalue weighted by Crippen LogP contribution is 2.16. The number of hydrogen-bond donors (Lipinski definition) is 1. The van der Waals surface area contributed by atoms with E-state index >= 15 is 0 Å². The Morgan fingerprint density at radius 2 is 2.04 bits per heavy atom. The van der Waals surface area contributed by atoms with E-state index in [9.17, 15) is 0 Å². The summed E-state index contributed by atoms with van der Waals surface area (Å²) in [5, 5.41) is 6.39. The van der Waals surface area contributed by atoms with Crippen LogP contribution in [0.3, 0.4) is 0 Å². The van der Waals surface area contributed by atoms with Crippen molar-refractivity contribution in [1.29, 1.82) is 0 Å². The van der Waals surface area contributed by atoms with Gasteiger partial charge in [-0.25, -0.2) is 0 Å². The third kappa shape index (κ3) is 6.08. The van der Waals surface area contributed by atoms with E-state index in [1.165, 1.54) is 49.3 Å². The third-order valence-corrected chi connectivity index (χ3v) is 6.06. The molecule has 1 aliphatic heterocycles. The second-order valence-electron chi connectivity index (χ2n) is 7.06. The summed E-state index contributed by atoms with van der Waals surface area (Å²) < 4.78 is 0. The number of piperidine rings is 1. The molecule has 0 aliphatic carbocycles. The van der Waals surface area contributed by atoms with Crippen molar-refractivity contribution >= 4 is 34.4 Å². The summed E-state index contributed by atoms with van der Waals surface area (Å²) in [6.07, 6.45) is 5.25. The van der Waals surface area contributed by atoms with Gasteiger partial charge in [-0.1, -0.05) is 24.6 Å². The van der Waals surface area contributed by atoms with Crippen LogP contribution in [0.25, 0.3) is 0 Å². The van der Waals surface area contributed by atoms with Crippen LogP contribution in [0.5, 0.6) is 0 Å². The maximum Gasteiger partial charge on any atom is 0.173 e. The monoisotopic (exact) mass is 387 g/mol. The highest BCUT2D eigenvalue weighted by atomic mass is 32.1. The Morgan fingerprint density at radius 1 is 1.19 bits per heavy atom. The minimum atomic E-state index is 0.822. The fraction of sp³-hybridized carbons (Fsp3) is 0.476. The molecule has 2 heterocycles. The molecule has 1 N–H and O–H groups in total. The Labute approximate surface area is 167 Å². The summed E-state index contributed by atoms with van der Waals surface area (Å²) in [5.41, 5.74) is 2.31. The molecule has 1 saturated heterocycles. The highest BCUT2D eigenvalue weighted by Gasteiger charge is 2.14. The van der Waals surface area contributed by atoms with Crippen molar-refractivity contribution in [3.05, 3.63) is 52.2 Å². The first-order valence-corrected chi connectivity index (χ1v) is 10.9. The van der Waals surface area contributed by atoms with Crippen LogP contribution in [0.4, 0.5) is 5.69 Å². The molecular weight excluding hydrogens is 358 g/mol. The summed E-state index contributed by atoms with van der Waals surface area (Å²) in [6, 6.07) is 12.7. The van der Waals surface area contributed by atoms with Gasteiger partial charge in [0.05, 0.1) is 6.54 Å². The number of likely N-dealkylation sites (tertiary alicyclic amines) is 1. The molecule has 1 aliphatic rings. The lowest BCUT2D eigenvalue weighted by Crippen LogP contribution is -2.37. The van der Waals surface area contributed by atoms with E-state index in [2.05, 4.69) is 63.8 Å². The Balaban J connectivity index is 1.57. The first kappa shape index (κ1) is 19.3. The second-order valence-corrected chi connectivity index (χ2v) is 8.48. The number of aryl methyl sites for hydroxylation is 1. The predicted octanol–water partition coefficient (Wildman–Crippen LogP) is 5.13. The zero-order valence-corrected chi connectivity index (χ0v) is 17.2. The molecule has 0 radical (unpaired) electrons. The van der Waals surface area contributed by atoms with Crippen molar-refractivity contribution in [2.45, 2.75) is 39.2 Å². The molecule has 0 spiro atoms. The van der Waals surface area contributed by atoms with E-state index in [1.54, 1.807) is 11.3 Å². The summed E-state index contributed by atoms with van der Waals surface area (Å²) >= 11 is 7.55. The quantitative estimate of drug-likeness (QED) is 0.664. The zero-order chi connectivity index (χ0) is 18.2. The molecule has 0 saturated carbocycles. The summed E-state index contributed by atoms with van der Waals surface area (Å²) in [7, 11) is 0. The highest BCUT2D eigenvalue weighted by molar-refractivity contribution is 7.80. The molecule has 1 fully saturated rings. The average Bonchev–Trinajstić information content (AvgIpc) is 3.15. The summed E-state index contributed by atoms with van der Waals surface area (Å²) in [5.74, 6) is 0. The lowest BCUT2D eigenvalue weighted by molar-refractivity contribution is 0.218. The Kier molecular flexibility index (Phi) is 7.47. The van der Waals surface area contributed by atoms with Crippen molar-refractivity contribution in [3.63, 3.8) is 0 Å². The minimum Gasteiger partial charge on any atom is -0.344 e. The van der Waals surface area contributed by atoms with Crippen molar-refractivity contribution in [2.75, 3.05) is 31.5 Å². The van der Waals surface area contributed by atoms with E-state index in [0.29, 0.717) is 0 Å². The molecule has 0 atom stereocenters. The number of hydrogen-bond acceptors (Lipinski definition) is 3. The molecule has 26 heavy (non-hydrogen) atoms. The smallest absolute Gasteiger partial charge is 0.173 e. The van der Waals surface area contributed by atoms with Crippen LogP contribution in [-0.2, 0) is 6.54 Å². The number of rotatable bonds is 7. The lowest BCUT2D eigenvalue weighted by atomic mass is 10.1. The topological polar surface area (TPSA) is 18.5 Å². The SMILES string of the molecule is Cc1cccc(NC(=S)N(CCCN2CCCCC2)Cc2cccs2)c1. The number of nitrogens with zero attached hydrogens (tertiary/aromatic N) is 2. The third-order valence-electron chi connectivity index (χ3n) is 4.83. The van der Waals surface area contributed by atoms with Crippen molar-refractivity contribution in [3.8, 4) is 0 Å². The van der Waals surface area contributed by atoms with Crippen LogP contribution in [0.15, 0.2) is 41.8 Å². The Bertz CT molecular complexity index is 678. The largest absolute Gasteiger partial charge is 0.344 e. The van der Waals surface area contributed by atoms with Gasteiger partial charge in [-0.3, -0.25) is 0 Å². The molecule has 0 unspecified atom stereocenters. The van der Waals surface area contributed by atoms with E-state index < -0.39 is 0 Å². The first-order chi connectivity index (χ1) is 12.7. The fourth-order valence-corrected chi connectivity index (χ4v) is 4.43. The second kappa shape index (κ2) is 10.0. The molecule has 0 amide bonds. The van der Waals surface area contributed by atoms with Gasteiger partial charge in [0.2, 0.25) is 0 Å². The van der Waals surface area contributed by atoms with Crippen LogP contribution in [0.2, 0.25) is 0 Å². The van der Waals surface area contributed by atoms with Crippen molar-refractivity contribution in [1.82, 2.24) is 9.80 Å². The molecule has 1 aromatic carbocycles. The summed E-state index contributed by atoms with van der Waals surface area (Å²) in [4.78, 5) is 6.27. The van der Waals surface area contributed by atoms with E-state index in [-0.39, 0.29) is 0 Å². The van der Waals surface area contributed by atoms with Gasteiger partial charge in [-0.2, -0.15) is 0 Å². The molecule has 3 rings (SSSR count). The van der Waals surface area contributed by atoms with Crippen molar-refractivity contribution in [2.24, 2.45) is 0 Å². The van der Waals surface area contributed by atoms with E-state index in [1.807, 2.05) is 0 Å². The fourth-order valence-electron chi connectivity index (χ4n) is 3.44. The number of thiocarbonyl (C=S) groups is 1. The zero-order valence-electron chi connectivity index (χ0n) is 15.6. The molecule has 2 aromatic rings. The minimum absolute atomic E-state index is 0.822. The predicted molar refractivity (Wildman–Crippen MR) is 117 cm³/mol. The lowest BCUT2D eigenvalue weighted by Gasteiger charge is -2.29. The van der Waals surface area contributed by atoms with Gasteiger partial charge >= 0.3 is 0 Å². The number of anilines is 1. The van der Waals surface area contributed by atoms with E-state index in [4.69, 9.17) is 12.2 Å². The maximum absolute atomic E-state index is 5.75. The van der Waals surface area contributed by atoms with Gasteiger partial charge in [0.1, 0.15) is 0 Å². The van der Waals surface area contributed by atoms with Gasteiger partial charge in [-0.15, -0.1) is 11.3 Å². The van der Waals surface area contributed by atoms with Gasteiger partial charge in [0.25, 0.3) is 0 Å². The van der Waals surface area contributed by atoms with Gasteiger partial charge in [0.15, 0.2) is 5.11 Å². The number of benzene rings is 1. The summed E-state index contributed by atoms with van der Waals surface area (Å²) in [6.45, 7) is 7.68. The van der Waals surface area contributed by atoms with Gasteiger partial charge in [-0.05, 0) is 87.2 Å². The first-order valence-electron chi connectivity index (χ1n) is 9.58. The molecule has 1 aromatic heterocycles. The molecule has 140 valence electrons. The van der Waals surface area contributed by atoms with Gasteiger partial charge < -0.3 is 15.1 Å². The van der Waals surface area contributed by atoms with Gasteiger partial charge in [0, 0.05) is 17.1 Å². The van der Waals surface area contributed by atoms with Crippen LogP contribution in [-0.4, -0.2) is 41.1 Å². The van der Waals surface area contributed by atoms with Crippen LogP contribution < -0.4 is 5.32 Å². The van der Waals surface area contributed by atoms with Crippen molar-refractivity contribution < 1.29 is 0 Å². The molecule has 5 heteroatoms. The van der Waals surface area contributed by atoms with Crippen LogP contribution in [0, 0.1) is 6.92 Å². The average molecular weight is 388 g/mol. The number of thiophene rings is 1. The van der Waals surface area contributed by atoms with Crippen LogP contribution >= 0.6 is 23.6 Å². The standard InChI is InChI=1S/C21H29N3S2/c1-18-8-5-9-19(16-18)22-21(25)24(17-20-10-6-15-26-20)14-7-13-23-11-3-2-4-12-23/h5-6,8-10,15-16H,2-4,7,11-14,17H2,1H3,(H,22,25). The molecule has 3 nitrogen and oxygen atoms in total. The normalized spacial score (nSPS) is 15.0. The Morgan fingerprint density at radius 3 is 2.77 bits per heavy atom. The molecular formula is C21H29N3S2. The Hall–Kier alpha value is -1.43. The maximum atomic E-state index is 5.75. The van der Waals surface area contributed by atoms with Crippen LogP contribution in [0.1, 0.15) is 36.1 Å².